The monoisotopic (exact) mass is 397 g/mol. The van der Waals surface area contributed by atoms with Crippen LogP contribution >= 0.6 is 0 Å². The number of rotatable bonds is 8. The van der Waals surface area contributed by atoms with E-state index in [1.807, 2.05) is 39.0 Å². The fourth-order valence-corrected chi connectivity index (χ4v) is 2.54. The van der Waals surface area contributed by atoms with E-state index in [1.54, 1.807) is 36.4 Å². The van der Waals surface area contributed by atoms with Crippen molar-refractivity contribution in [3.05, 3.63) is 60.2 Å². The molecule has 2 aromatic rings. The van der Waals surface area contributed by atoms with Crippen LogP contribution in [0.25, 0.3) is 0 Å². The van der Waals surface area contributed by atoms with Gasteiger partial charge in [-0.15, -0.1) is 0 Å². The van der Waals surface area contributed by atoms with Gasteiger partial charge in [0.15, 0.2) is 6.10 Å². The minimum Gasteiger partial charge on any atom is -0.481 e. The van der Waals surface area contributed by atoms with Gasteiger partial charge in [0.1, 0.15) is 5.75 Å². The maximum Gasteiger partial charge on any atom is 0.279 e. The molecule has 2 rings (SSSR count). The molecule has 0 fully saturated rings. The van der Waals surface area contributed by atoms with E-state index in [0.29, 0.717) is 29.8 Å². The van der Waals surface area contributed by atoms with Gasteiger partial charge in [-0.25, -0.2) is 0 Å². The molecule has 29 heavy (non-hydrogen) atoms. The van der Waals surface area contributed by atoms with Gasteiger partial charge in [-0.1, -0.05) is 39.0 Å². The van der Waals surface area contributed by atoms with E-state index in [9.17, 15) is 14.4 Å². The summed E-state index contributed by atoms with van der Waals surface area (Å²) in [7, 11) is 0. The van der Waals surface area contributed by atoms with Crippen molar-refractivity contribution in [2.45, 2.75) is 39.7 Å². The van der Waals surface area contributed by atoms with Gasteiger partial charge >= 0.3 is 0 Å². The van der Waals surface area contributed by atoms with Crippen LogP contribution in [0.3, 0.4) is 0 Å². The lowest BCUT2D eigenvalue weighted by Crippen LogP contribution is -2.47. The maximum atomic E-state index is 12.3. The number of carbonyl (C=O) groups excluding carboxylic acids is 3. The number of benzene rings is 2. The van der Waals surface area contributed by atoms with Gasteiger partial charge in [0.25, 0.3) is 11.8 Å². The Bertz CT molecular complexity index is 820. The zero-order valence-electron chi connectivity index (χ0n) is 16.9. The fourth-order valence-electron chi connectivity index (χ4n) is 2.54. The Labute approximate surface area is 170 Å². The largest absolute Gasteiger partial charge is 0.481 e. The summed E-state index contributed by atoms with van der Waals surface area (Å²) in [5, 5.41) is 2.78. The predicted octanol–water partition coefficient (Wildman–Crippen LogP) is 3.29. The fraction of sp³-hybridized carbons (Fsp3) is 0.318. The number of hydrogen-bond donors (Lipinski definition) is 3. The molecule has 2 aromatic carbocycles. The van der Waals surface area contributed by atoms with Gasteiger partial charge in [0, 0.05) is 17.7 Å². The summed E-state index contributed by atoms with van der Waals surface area (Å²) < 4.78 is 5.64. The third-order valence-electron chi connectivity index (χ3n) is 4.01. The molecule has 0 heterocycles. The maximum absolute atomic E-state index is 12.3. The van der Waals surface area contributed by atoms with E-state index in [4.69, 9.17) is 4.74 Å². The normalized spacial score (nSPS) is 11.4. The molecule has 1 unspecified atom stereocenters. The molecule has 0 saturated heterocycles. The highest BCUT2D eigenvalue weighted by molar-refractivity contribution is 5.97. The van der Waals surface area contributed by atoms with Crippen LogP contribution < -0.4 is 20.9 Å². The van der Waals surface area contributed by atoms with Crippen LogP contribution in [0.4, 0.5) is 5.69 Å². The van der Waals surface area contributed by atoms with Crippen molar-refractivity contribution >= 4 is 23.4 Å². The molecule has 0 radical (unpaired) electrons. The molecule has 3 amide bonds. The molecule has 0 aliphatic heterocycles. The van der Waals surface area contributed by atoms with Crippen molar-refractivity contribution in [2.24, 2.45) is 5.92 Å². The molecule has 0 aromatic heterocycles. The number of carbonyl (C=O) groups is 3. The second kappa shape index (κ2) is 10.8. The van der Waals surface area contributed by atoms with Gasteiger partial charge in [0.05, 0.1) is 0 Å². The highest BCUT2D eigenvalue weighted by atomic mass is 16.5. The highest BCUT2D eigenvalue weighted by Gasteiger charge is 2.19. The second-order valence-corrected chi connectivity index (χ2v) is 6.99. The Morgan fingerprint density at radius 3 is 2.17 bits per heavy atom. The molecule has 7 heteroatoms. The smallest absolute Gasteiger partial charge is 0.279 e. The Morgan fingerprint density at radius 1 is 0.931 bits per heavy atom. The lowest BCUT2D eigenvalue weighted by atomic mass is 10.1. The van der Waals surface area contributed by atoms with Crippen LogP contribution in [0.15, 0.2) is 54.6 Å². The minimum absolute atomic E-state index is 0.0755. The second-order valence-electron chi connectivity index (χ2n) is 6.99. The third-order valence-corrected chi connectivity index (χ3v) is 4.01. The average Bonchev–Trinajstić information content (AvgIpc) is 2.70. The quantitative estimate of drug-likeness (QED) is 0.596. The van der Waals surface area contributed by atoms with E-state index in [0.717, 1.165) is 0 Å². The third kappa shape index (κ3) is 7.29. The standard InChI is InChI=1S/C22H27N3O4/c1-4-19(29-18-8-6-5-7-9-18)22(28)25-24-21(27)16-10-12-17(13-11-16)23-20(26)14-15(2)3/h5-13,15,19H,4,14H2,1-3H3,(H,23,26)(H,24,27)(H,25,28). The molecule has 0 bridgehead atoms. The summed E-state index contributed by atoms with van der Waals surface area (Å²) >= 11 is 0. The van der Waals surface area contributed by atoms with Crippen LogP contribution in [-0.4, -0.2) is 23.8 Å². The van der Waals surface area contributed by atoms with Crippen molar-refractivity contribution < 1.29 is 19.1 Å². The summed E-state index contributed by atoms with van der Waals surface area (Å²) in [6.07, 6.45) is 0.149. The number of nitrogens with one attached hydrogen (secondary N) is 3. The van der Waals surface area contributed by atoms with E-state index in [1.165, 1.54) is 0 Å². The van der Waals surface area contributed by atoms with Crippen molar-refractivity contribution in [2.75, 3.05) is 5.32 Å². The van der Waals surface area contributed by atoms with Crippen molar-refractivity contribution in [1.29, 1.82) is 0 Å². The van der Waals surface area contributed by atoms with E-state index < -0.39 is 17.9 Å². The first-order valence-corrected chi connectivity index (χ1v) is 9.60. The van der Waals surface area contributed by atoms with Crippen LogP contribution in [0.1, 0.15) is 44.0 Å². The van der Waals surface area contributed by atoms with Crippen molar-refractivity contribution in [3.63, 3.8) is 0 Å². The molecular weight excluding hydrogens is 370 g/mol. The minimum atomic E-state index is -0.726. The molecule has 1 atom stereocenters. The van der Waals surface area contributed by atoms with Crippen LogP contribution in [0.5, 0.6) is 5.75 Å². The first-order valence-electron chi connectivity index (χ1n) is 9.60. The van der Waals surface area contributed by atoms with E-state index in [-0.39, 0.29) is 11.8 Å². The van der Waals surface area contributed by atoms with E-state index in [2.05, 4.69) is 16.2 Å². The van der Waals surface area contributed by atoms with Crippen LogP contribution in [-0.2, 0) is 9.59 Å². The Balaban J connectivity index is 1.86. The summed E-state index contributed by atoms with van der Waals surface area (Å²) in [4.78, 5) is 36.3. The topological polar surface area (TPSA) is 96.5 Å². The number of amides is 3. The molecule has 3 N–H and O–H groups in total. The first-order chi connectivity index (χ1) is 13.9. The zero-order valence-corrected chi connectivity index (χ0v) is 16.9. The summed E-state index contributed by atoms with van der Waals surface area (Å²) in [5.74, 6) is -0.138. The summed E-state index contributed by atoms with van der Waals surface area (Å²) in [5.41, 5.74) is 5.73. The molecular formula is C22H27N3O4. The van der Waals surface area contributed by atoms with Gasteiger partial charge in [0.2, 0.25) is 5.91 Å². The van der Waals surface area contributed by atoms with Gasteiger partial charge in [-0.3, -0.25) is 25.2 Å². The van der Waals surface area contributed by atoms with Crippen molar-refractivity contribution in [1.82, 2.24) is 10.9 Å². The summed E-state index contributed by atoms with van der Waals surface area (Å²) in [6, 6.07) is 15.4. The number of hydrazine groups is 1. The molecule has 0 aliphatic carbocycles. The molecule has 154 valence electrons. The highest BCUT2D eigenvalue weighted by Crippen LogP contribution is 2.13. The molecule has 0 spiro atoms. The van der Waals surface area contributed by atoms with Gasteiger partial charge < -0.3 is 10.1 Å². The number of hydrogen-bond acceptors (Lipinski definition) is 4. The average molecular weight is 397 g/mol. The lowest BCUT2D eigenvalue weighted by molar-refractivity contribution is -0.128. The van der Waals surface area contributed by atoms with E-state index >= 15 is 0 Å². The molecule has 0 aliphatic rings. The SMILES string of the molecule is CCC(Oc1ccccc1)C(=O)NNC(=O)c1ccc(NC(=O)CC(C)C)cc1. The summed E-state index contributed by atoms with van der Waals surface area (Å²) in [6.45, 7) is 5.76. The van der Waals surface area contributed by atoms with Crippen LogP contribution in [0.2, 0.25) is 0 Å². The predicted molar refractivity (Wildman–Crippen MR) is 111 cm³/mol. The zero-order chi connectivity index (χ0) is 21.2. The van der Waals surface area contributed by atoms with Crippen molar-refractivity contribution in [3.8, 4) is 5.75 Å². The lowest BCUT2D eigenvalue weighted by Gasteiger charge is -2.17. The molecule has 0 saturated carbocycles. The first kappa shape index (κ1) is 21.9. The Hall–Kier alpha value is -3.35. The Kier molecular flexibility index (Phi) is 8.21. The number of anilines is 1. The molecule has 7 nitrogen and oxygen atoms in total. The Morgan fingerprint density at radius 2 is 1.59 bits per heavy atom. The van der Waals surface area contributed by atoms with Gasteiger partial charge in [-0.2, -0.15) is 0 Å². The van der Waals surface area contributed by atoms with Crippen LogP contribution in [0, 0.1) is 5.92 Å². The number of para-hydroxylation sites is 1. The van der Waals surface area contributed by atoms with Gasteiger partial charge in [-0.05, 0) is 48.7 Å². The number of ether oxygens (including phenoxy) is 1.